The molecule has 0 bridgehead atoms. The van der Waals surface area contributed by atoms with Gasteiger partial charge in [-0.05, 0) is 40.5 Å². The number of halogens is 4. The maximum atomic E-state index is 13.2. The van der Waals surface area contributed by atoms with Crippen molar-refractivity contribution < 1.29 is 18.3 Å². The Morgan fingerprint density at radius 3 is 2.42 bits per heavy atom. The minimum absolute atomic E-state index is 0.0766. The molecule has 1 heterocycles. The molecule has 2 aromatic rings. The molecule has 19 heavy (non-hydrogen) atoms. The average Bonchev–Trinajstić information content (AvgIpc) is 2.75. The third kappa shape index (κ3) is 2.52. The third-order valence-corrected chi connectivity index (χ3v) is 3.32. The van der Waals surface area contributed by atoms with Crippen molar-refractivity contribution in [3.05, 3.63) is 51.5 Å². The number of hydrogen-bond donors (Lipinski definition) is 1. The Hall–Kier alpha value is -1.34. The Labute approximate surface area is 115 Å². The number of nitrogens with zero attached hydrogens (tertiary/aromatic N) is 2. The first kappa shape index (κ1) is 14.1. The van der Waals surface area contributed by atoms with Gasteiger partial charge in [0, 0.05) is 6.54 Å². The fourth-order valence-corrected chi connectivity index (χ4v) is 2.30. The van der Waals surface area contributed by atoms with Crippen LogP contribution in [0.2, 0.25) is 0 Å². The Morgan fingerprint density at radius 2 is 1.89 bits per heavy atom. The van der Waals surface area contributed by atoms with Crippen molar-refractivity contribution in [3.8, 4) is 0 Å². The average molecular weight is 335 g/mol. The minimum Gasteiger partial charge on any atom is -0.382 e. The van der Waals surface area contributed by atoms with Crippen molar-refractivity contribution in [2.75, 3.05) is 0 Å². The normalized spacial score (nSPS) is 12.7. The second-order valence-corrected chi connectivity index (χ2v) is 4.75. The first-order valence-corrected chi connectivity index (χ1v) is 6.28. The summed E-state index contributed by atoms with van der Waals surface area (Å²) >= 11 is 3.20. The second-order valence-electron chi connectivity index (χ2n) is 3.89. The number of aryl methyl sites for hydroxylation is 1. The van der Waals surface area contributed by atoms with Crippen LogP contribution in [0.4, 0.5) is 13.2 Å². The quantitative estimate of drug-likeness (QED) is 0.875. The maximum absolute atomic E-state index is 13.2. The summed E-state index contributed by atoms with van der Waals surface area (Å²) in [4.78, 5) is 0. The highest BCUT2D eigenvalue weighted by molar-refractivity contribution is 9.10. The van der Waals surface area contributed by atoms with Crippen molar-refractivity contribution in [2.24, 2.45) is 0 Å². The second kappa shape index (κ2) is 5.34. The number of aliphatic hydroxyl groups excluding tert-OH is 1. The smallest absolute Gasteiger partial charge is 0.194 e. The molecule has 0 amide bonds. The summed E-state index contributed by atoms with van der Waals surface area (Å²) in [5, 5.41) is 14.2. The Morgan fingerprint density at radius 1 is 1.32 bits per heavy atom. The van der Waals surface area contributed by atoms with E-state index in [1.165, 1.54) is 10.9 Å². The highest BCUT2D eigenvalue weighted by Crippen LogP contribution is 2.30. The van der Waals surface area contributed by atoms with E-state index < -0.39 is 23.6 Å². The number of aliphatic hydroxyl groups is 1. The molecule has 0 aliphatic carbocycles. The van der Waals surface area contributed by atoms with E-state index in [2.05, 4.69) is 21.0 Å². The molecule has 0 saturated carbocycles. The van der Waals surface area contributed by atoms with E-state index in [0.717, 1.165) is 12.1 Å². The molecule has 0 radical (unpaired) electrons. The van der Waals surface area contributed by atoms with E-state index in [1.807, 2.05) is 6.92 Å². The van der Waals surface area contributed by atoms with Crippen molar-refractivity contribution in [3.63, 3.8) is 0 Å². The van der Waals surface area contributed by atoms with Crippen molar-refractivity contribution >= 4 is 15.9 Å². The molecular weight excluding hydrogens is 325 g/mol. The first-order valence-electron chi connectivity index (χ1n) is 5.49. The van der Waals surface area contributed by atoms with E-state index in [-0.39, 0.29) is 5.56 Å². The summed E-state index contributed by atoms with van der Waals surface area (Å²) in [7, 11) is 0. The van der Waals surface area contributed by atoms with Crippen LogP contribution in [0.5, 0.6) is 0 Å². The van der Waals surface area contributed by atoms with E-state index in [0.29, 0.717) is 16.7 Å². The summed E-state index contributed by atoms with van der Waals surface area (Å²) in [5.74, 6) is -4.24. The third-order valence-electron chi connectivity index (χ3n) is 2.71. The Kier molecular flexibility index (Phi) is 3.96. The SMILES string of the molecule is CCn1ncc(Br)c1C(O)c1cc(F)c(F)c(F)c1. The highest BCUT2D eigenvalue weighted by atomic mass is 79.9. The molecule has 1 N–H and O–H groups in total. The molecule has 0 fully saturated rings. The monoisotopic (exact) mass is 334 g/mol. The molecule has 0 spiro atoms. The molecule has 1 unspecified atom stereocenters. The predicted molar refractivity (Wildman–Crippen MR) is 66.0 cm³/mol. The van der Waals surface area contributed by atoms with Crippen LogP contribution in [0.3, 0.4) is 0 Å². The number of benzene rings is 1. The topological polar surface area (TPSA) is 38.0 Å². The zero-order valence-corrected chi connectivity index (χ0v) is 11.5. The summed E-state index contributed by atoms with van der Waals surface area (Å²) in [6.07, 6.45) is 0.166. The van der Waals surface area contributed by atoms with Gasteiger partial charge in [0.2, 0.25) is 0 Å². The van der Waals surface area contributed by atoms with Gasteiger partial charge >= 0.3 is 0 Å². The van der Waals surface area contributed by atoms with E-state index in [1.54, 1.807) is 0 Å². The van der Waals surface area contributed by atoms with Crippen LogP contribution < -0.4 is 0 Å². The van der Waals surface area contributed by atoms with Crippen molar-refractivity contribution in [1.82, 2.24) is 9.78 Å². The Balaban J connectivity index is 2.49. The Bertz CT molecular complexity index is 592. The highest BCUT2D eigenvalue weighted by Gasteiger charge is 2.22. The molecule has 3 nitrogen and oxygen atoms in total. The molecule has 0 aliphatic rings. The molecule has 0 aliphatic heterocycles. The zero-order valence-electron chi connectivity index (χ0n) is 9.87. The van der Waals surface area contributed by atoms with Crippen LogP contribution in [-0.2, 0) is 6.54 Å². The van der Waals surface area contributed by atoms with Crippen LogP contribution in [-0.4, -0.2) is 14.9 Å². The number of hydrogen-bond acceptors (Lipinski definition) is 2. The van der Waals surface area contributed by atoms with Gasteiger partial charge in [0.25, 0.3) is 0 Å². The molecule has 0 saturated heterocycles. The van der Waals surface area contributed by atoms with E-state index >= 15 is 0 Å². The predicted octanol–water partition coefficient (Wildman–Crippen LogP) is 3.16. The molecule has 1 aromatic carbocycles. The summed E-state index contributed by atoms with van der Waals surface area (Å²) in [6, 6.07) is 1.53. The van der Waals surface area contributed by atoms with Gasteiger partial charge in [-0.3, -0.25) is 4.68 Å². The van der Waals surface area contributed by atoms with Crippen LogP contribution >= 0.6 is 15.9 Å². The lowest BCUT2D eigenvalue weighted by Gasteiger charge is -2.14. The zero-order chi connectivity index (χ0) is 14.2. The fraction of sp³-hybridized carbons (Fsp3) is 0.250. The van der Waals surface area contributed by atoms with Gasteiger partial charge in [0.05, 0.1) is 16.4 Å². The van der Waals surface area contributed by atoms with Gasteiger partial charge in [0.1, 0.15) is 6.10 Å². The van der Waals surface area contributed by atoms with Crippen LogP contribution in [0.15, 0.2) is 22.8 Å². The van der Waals surface area contributed by atoms with Gasteiger partial charge in [0.15, 0.2) is 17.5 Å². The number of aromatic nitrogens is 2. The maximum Gasteiger partial charge on any atom is 0.194 e. The molecule has 1 aromatic heterocycles. The van der Waals surface area contributed by atoms with Gasteiger partial charge in [-0.2, -0.15) is 5.10 Å². The molecular formula is C12H10BrF3N2O. The number of rotatable bonds is 3. The summed E-state index contributed by atoms with van der Waals surface area (Å²) in [5.41, 5.74) is 0.278. The largest absolute Gasteiger partial charge is 0.382 e. The van der Waals surface area contributed by atoms with Crippen LogP contribution in [0.1, 0.15) is 24.3 Å². The first-order chi connectivity index (χ1) is 8.95. The standard InChI is InChI=1S/C12H10BrF3N2O/c1-2-18-11(7(13)5-17-18)12(19)6-3-8(14)10(16)9(15)4-6/h3-5,12,19H,2H2,1H3. The minimum atomic E-state index is -1.56. The van der Waals surface area contributed by atoms with Crippen molar-refractivity contribution in [1.29, 1.82) is 0 Å². The lowest BCUT2D eigenvalue weighted by molar-refractivity contribution is 0.205. The van der Waals surface area contributed by atoms with Crippen LogP contribution in [0.25, 0.3) is 0 Å². The van der Waals surface area contributed by atoms with Gasteiger partial charge in [-0.25, -0.2) is 13.2 Å². The lowest BCUT2D eigenvalue weighted by Crippen LogP contribution is -2.10. The van der Waals surface area contributed by atoms with Gasteiger partial charge in [-0.1, -0.05) is 0 Å². The van der Waals surface area contributed by atoms with Crippen LogP contribution in [0, 0.1) is 17.5 Å². The van der Waals surface area contributed by atoms with Gasteiger partial charge in [-0.15, -0.1) is 0 Å². The van der Waals surface area contributed by atoms with E-state index in [4.69, 9.17) is 0 Å². The van der Waals surface area contributed by atoms with Crippen molar-refractivity contribution in [2.45, 2.75) is 19.6 Å². The summed E-state index contributed by atoms with van der Waals surface area (Å²) < 4.78 is 41.2. The summed E-state index contributed by atoms with van der Waals surface area (Å²) in [6.45, 7) is 2.28. The lowest BCUT2D eigenvalue weighted by atomic mass is 10.1. The molecule has 1 atom stereocenters. The van der Waals surface area contributed by atoms with E-state index in [9.17, 15) is 18.3 Å². The molecule has 102 valence electrons. The molecule has 7 heteroatoms. The molecule has 2 rings (SSSR count). The van der Waals surface area contributed by atoms with Gasteiger partial charge < -0.3 is 5.11 Å². The fourth-order valence-electron chi connectivity index (χ4n) is 1.79.